The summed E-state index contributed by atoms with van der Waals surface area (Å²) >= 11 is 0. The first kappa shape index (κ1) is 30.6. The molecule has 6 nitrogen and oxygen atoms in total. The molecule has 1 saturated carbocycles. The number of hydrogen-bond acceptors (Lipinski definition) is 6. The van der Waals surface area contributed by atoms with Gasteiger partial charge in [-0.3, -0.25) is 0 Å². The average molecular weight is 541 g/mol. The van der Waals surface area contributed by atoms with Gasteiger partial charge in [0, 0.05) is 31.2 Å². The van der Waals surface area contributed by atoms with Crippen molar-refractivity contribution in [2.24, 2.45) is 5.92 Å². The van der Waals surface area contributed by atoms with E-state index in [2.05, 4.69) is 59.4 Å². The van der Waals surface area contributed by atoms with E-state index in [0.29, 0.717) is 24.5 Å². The molecular weight excluding hydrogens is 497 g/mol. The predicted molar refractivity (Wildman–Crippen MR) is 150 cm³/mol. The van der Waals surface area contributed by atoms with E-state index in [9.17, 15) is 0 Å². The summed E-state index contributed by atoms with van der Waals surface area (Å²) < 4.78 is 18.1. The van der Waals surface area contributed by atoms with Crippen LogP contribution in [0, 0.1) is 5.92 Å². The van der Waals surface area contributed by atoms with Gasteiger partial charge in [-0.1, -0.05) is 31.9 Å². The van der Waals surface area contributed by atoms with Gasteiger partial charge in [0.25, 0.3) is 0 Å². The van der Waals surface area contributed by atoms with E-state index in [4.69, 9.17) is 14.2 Å². The third kappa shape index (κ3) is 8.47. The van der Waals surface area contributed by atoms with E-state index in [0.717, 1.165) is 61.3 Å². The lowest BCUT2D eigenvalue weighted by Gasteiger charge is -2.35. The van der Waals surface area contributed by atoms with Crippen LogP contribution in [0.3, 0.4) is 0 Å². The Bertz CT molecular complexity index is 894. The van der Waals surface area contributed by atoms with Gasteiger partial charge in [-0.15, -0.1) is 29.9 Å². The first-order chi connectivity index (χ1) is 16.7. The molecule has 1 saturated heterocycles. The van der Waals surface area contributed by atoms with E-state index in [1.807, 2.05) is 0 Å². The molecule has 2 aliphatic rings. The number of ether oxygens (including phenoxy) is 3. The highest BCUT2D eigenvalue weighted by atomic mass is 35.5. The first-order valence-corrected chi connectivity index (χ1v) is 13.1. The van der Waals surface area contributed by atoms with Crippen molar-refractivity contribution in [3.8, 4) is 22.8 Å². The summed E-state index contributed by atoms with van der Waals surface area (Å²) in [5, 5.41) is 8.99. The Hall–Kier alpha value is -1.60. The number of rotatable bonds is 10. The van der Waals surface area contributed by atoms with E-state index in [1.54, 1.807) is 7.11 Å². The maximum Gasteiger partial charge on any atom is 0.234 e. The van der Waals surface area contributed by atoms with Gasteiger partial charge < -0.3 is 19.1 Å². The fourth-order valence-corrected chi connectivity index (χ4v) is 5.11. The third-order valence-electron chi connectivity index (χ3n) is 7.28. The Morgan fingerprint density at radius 2 is 1.75 bits per heavy atom. The van der Waals surface area contributed by atoms with Crippen LogP contribution in [0.4, 0.5) is 0 Å². The van der Waals surface area contributed by atoms with Crippen molar-refractivity contribution in [2.45, 2.75) is 76.9 Å². The molecule has 202 valence electrons. The fourth-order valence-electron chi connectivity index (χ4n) is 5.11. The number of aromatic nitrogens is 2. The average Bonchev–Trinajstić information content (AvgIpc) is 2.88. The summed E-state index contributed by atoms with van der Waals surface area (Å²) in [6.45, 7) is 4.81. The van der Waals surface area contributed by atoms with Crippen LogP contribution in [0.2, 0.25) is 0 Å². The minimum atomic E-state index is 0. The van der Waals surface area contributed by atoms with Crippen molar-refractivity contribution in [3.05, 3.63) is 36.0 Å². The normalized spacial score (nSPS) is 20.8. The Morgan fingerprint density at radius 3 is 2.44 bits per heavy atom. The maximum atomic E-state index is 6.23. The zero-order valence-corrected chi connectivity index (χ0v) is 23.6. The quantitative estimate of drug-likeness (QED) is 0.348. The maximum absolute atomic E-state index is 6.23. The second-order valence-corrected chi connectivity index (χ2v) is 9.94. The number of unbranched alkanes of at least 4 members (excludes halogenated alkanes) is 1. The number of benzene rings is 1. The highest BCUT2D eigenvalue weighted by Gasteiger charge is 2.28. The molecule has 36 heavy (non-hydrogen) atoms. The monoisotopic (exact) mass is 539 g/mol. The minimum Gasteiger partial charge on any atom is -0.490 e. The minimum absolute atomic E-state index is 0. The summed E-state index contributed by atoms with van der Waals surface area (Å²) in [7, 11) is 3.93. The van der Waals surface area contributed by atoms with Crippen LogP contribution in [-0.4, -0.2) is 61.2 Å². The smallest absolute Gasteiger partial charge is 0.234 e. The van der Waals surface area contributed by atoms with E-state index in [1.165, 1.54) is 32.1 Å². The molecule has 2 heterocycles. The second-order valence-electron chi connectivity index (χ2n) is 9.94. The molecule has 2 atom stereocenters. The van der Waals surface area contributed by atoms with Gasteiger partial charge in [0.2, 0.25) is 5.88 Å². The fraction of sp³-hybridized carbons (Fsp3) is 0.643. The number of aryl methyl sites for hydroxylation is 1. The van der Waals surface area contributed by atoms with Gasteiger partial charge in [-0.2, -0.15) is 5.10 Å². The molecule has 1 aromatic heterocycles. The molecule has 1 aliphatic carbocycles. The zero-order valence-electron chi connectivity index (χ0n) is 22.0. The van der Waals surface area contributed by atoms with Crippen LogP contribution < -0.4 is 9.47 Å². The SMILES string of the molecule is CCCCc1nnc(OC[C@H]2CCN(C)C[C@@H]2OC)cc1-c1ccc(OC2CCCCC2)cc1.Cl.Cl. The number of likely N-dealkylation sites (tertiary alicyclic amines) is 1. The third-order valence-corrected chi connectivity index (χ3v) is 7.28. The number of hydrogen-bond donors (Lipinski definition) is 0. The van der Waals surface area contributed by atoms with Crippen molar-refractivity contribution in [2.75, 3.05) is 33.9 Å². The topological polar surface area (TPSA) is 56.7 Å². The van der Waals surface area contributed by atoms with Crippen molar-refractivity contribution >= 4 is 24.8 Å². The van der Waals surface area contributed by atoms with Crippen LogP contribution in [0.25, 0.3) is 11.1 Å². The standard InChI is InChI=1S/C28H41N3O3.2ClH/c1-4-5-11-26-25(21-12-14-24(15-13-21)34-23-9-7-6-8-10-23)18-28(30-29-26)33-20-22-16-17-31(2)19-27(22)32-3;;/h12-15,18,22-23,27H,4-11,16-17,19-20H2,1-3H3;2*1H/t22-,27+;;/m1../s1. The molecule has 2 fully saturated rings. The molecular formula is C28H43Cl2N3O3. The van der Waals surface area contributed by atoms with Crippen molar-refractivity contribution < 1.29 is 14.2 Å². The molecule has 0 N–H and O–H groups in total. The van der Waals surface area contributed by atoms with Crippen LogP contribution >= 0.6 is 24.8 Å². The van der Waals surface area contributed by atoms with E-state index < -0.39 is 0 Å². The van der Waals surface area contributed by atoms with Gasteiger partial charge >= 0.3 is 0 Å². The predicted octanol–water partition coefficient (Wildman–Crippen LogP) is 6.39. The summed E-state index contributed by atoms with van der Waals surface area (Å²) in [4.78, 5) is 2.31. The lowest BCUT2D eigenvalue weighted by molar-refractivity contribution is -0.0197. The molecule has 0 amide bonds. The van der Waals surface area contributed by atoms with Crippen LogP contribution in [-0.2, 0) is 11.2 Å². The Kier molecular flexibility index (Phi) is 13.3. The lowest BCUT2D eigenvalue weighted by atomic mass is 9.95. The van der Waals surface area contributed by atoms with E-state index >= 15 is 0 Å². The number of halogens is 2. The molecule has 0 spiro atoms. The van der Waals surface area contributed by atoms with Crippen LogP contribution in [0.5, 0.6) is 11.6 Å². The molecule has 0 unspecified atom stereocenters. The molecule has 0 radical (unpaired) electrons. The summed E-state index contributed by atoms with van der Waals surface area (Å²) in [5.41, 5.74) is 3.27. The summed E-state index contributed by atoms with van der Waals surface area (Å²) in [6, 6.07) is 10.5. The number of nitrogens with zero attached hydrogens (tertiary/aromatic N) is 3. The molecule has 4 rings (SSSR count). The highest BCUT2D eigenvalue weighted by molar-refractivity contribution is 5.85. The first-order valence-electron chi connectivity index (χ1n) is 13.1. The van der Waals surface area contributed by atoms with Crippen molar-refractivity contribution in [1.82, 2.24) is 15.1 Å². The lowest BCUT2D eigenvalue weighted by Crippen LogP contribution is -2.44. The van der Waals surface area contributed by atoms with Gasteiger partial charge in [0.1, 0.15) is 5.75 Å². The molecule has 2 aromatic rings. The van der Waals surface area contributed by atoms with Crippen molar-refractivity contribution in [3.63, 3.8) is 0 Å². The summed E-state index contributed by atoms with van der Waals surface area (Å²) in [5.74, 6) is 1.91. The van der Waals surface area contributed by atoms with Gasteiger partial charge in [-0.25, -0.2) is 0 Å². The van der Waals surface area contributed by atoms with Gasteiger partial charge in [0.15, 0.2) is 0 Å². The number of piperidine rings is 1. The Labute approximate surface area is 229 Å². The van der Waals surface area contributed by atoms with Gasteiger partial charge in [0.05, 0.1) is 24.5 Å². The Balaban J connectivity index is 0.00000228. The van der Waals surface area contributed by atoms with E-state index in [-0.39, 0.29) is 30.9 Å². The van der Waals surface area contributed by atoms with Crippen LogP contribution in [0.15, 0.2) is 30.3 Å². The molecule has 8 heteroatoms. The number of methoxy groups -OCH3 is 1. The second kappa shape index (κ2) is 15.6. The number of likely N-dealkylation sites (N-methyl/N-ethyl adjacent to an activating group) is 1. The highest BCUT2D eigenvalue weighted by Crippen LogP contribution is 2.30. The van der Waals surface area contributed by atoms with Crippen molar-refractivity contribution in [1.29, 1.82) is 0 Å². The molecule has 0 bridgehead atoms. The zero-order chi connectivity index (χ0) is 23.8. The summed E-state index contributed by atoms with van der Waals surface area (Å²) in [6.07, 6.45) is 11.0. The largest absolute Gasteiger partial charge is 0.490 e. The Morgan fingerprint density at radius 1 is 1.00 bits per heavy atom. The molecule has 1 aliphatic heterocycles. The van der Waals surface area contributed by atoms with Gasteiger partial charge in [-0.05, 0) is 76.2 Å². The van der Waals surface area contributed by atoms with Crippen LogP contribution in [0.1, 0.15) is 64.0 Å². The molecule has 1 aromatic carbocycles.